The van der Waals surface area contributed by atoms with E-state index in [1.807, 2.05) is 0 Å². The molecule has 112 valence electrons. The van der Waals surface area contributed by atoms with E-state index >= 15 is 0 Å². The van der Waals surface area contributed by atoms with Gasteiger partial charge in [0.25, 0.3) is 0 Å². The predicted molar refractivity (Wildman–Crippen MR) is 83.6 cm³/mol. The molecule has 5 fully saturated rings. The van der Waals surface area contributed by atoms with E-state index in [9.17, 15) is 0 Å². The summed E-state index contributed by atoms with van der Waals surface area (Å²) in [7, 11) is 2.23. The monoisotopic (exact) mass is 274 g/mol. The SMILES string of the molecule is CN1CCC(NC/C=C/C23CC4CC(CC(C4)C2)C3)C1. The van der Waals surface area contributed by atoms with Gasteiger partial charge in [0.15, 0.2) is 0 Å². The van der Waals surface area contributed by atoms with Gasteiger partial charge in [0.05, 0.1) is 0 Å². The number of nitrogens with zero attached hydrogens (tertiary/aromatic N) is 1. The number of hydrogen-bond donors (Lipinski definition) is 1. The lowest BCUT2D eigenvalue weighted by Gasteiger charge is -2.56. The van der Waals surface area contributed by atoms with E-state index in [0.29, 0.717) is 5.41 Å². The highest BCUT2D eigenvalue weighted by Gasteiger charge is 2.49. The highest BCUT2D eigenvalue weighted by molar-refractivity contribution is 5.11. The number of likely N-dealkylation sites (N-methyl/N-ethyl adjacent to an activating group) is 1. The summed E-state index contributed by atoms with van der Waals surface area (Å²) in [6.07, 6.45) is 15.6. The number of likely N-dealkylation sites (tertiary alicyclic amines) is 1. The zero-order valence-corrected chi connectivity index (χ0v) is 13.0. The Hall–Kier alpha value is -0.340. The molecule has 0 spiro atoms. The number of hydrogen-bond acceptors (Lipinski definition) is 2. The summed E-state index contributed by atoms with van der Waals surface area (Å²) in [6.45, 7) is 3.57. The van der Waals surface area contributed by atoms with E-state index in [-0.39, 0.29) is 0 Å². The number of allylic oxidation sites excluding steroid dienone is 1. The molecule has 0 aromatic heterocycles. The van der Waals surface area contributed by atoms with Crippen LogP contribution in [0.25, 0.3) is 0 Å². The smallest absolute Gasteiger partial charge is 0.0210 e. The van der Waals surface area contributed by atoms with Crippen molar-refractivity contribution in [1.82, 2.24) is 10.2 Å². The minimum Gasteiger partial charge on any atom is -0.309 e. The third-order valence-corrected chi connectivity index (χ3v) is 6.47. The molecule has 5 rings (SSSR count). The topological polar surface area (TPSA) is 15.3 Å². The second kappa shape index (κ2) is 5.14. The van der Waals surface area contributed by atoms with Crippen LogP contribution < -0.4 is 5.32 Å². The number of rotatable bonds is 4. The van der Waals surface area contributed by atoms with Gasteiger partial charge in [-0.3, -0.25) is 0 Å². The lowest BCUT2D eigenvalue weighted by Crippen LogP contribution is -2.45. The Morgan fingerprint density at radius 3 is 2.30 bits per heavy atom. The van der Waals surface area contributed by atoms with Gasteiger partial charge in [-0.2, -0.15) is 0 Å². The first-order valence-corrected chi connectivity index (χ1v) is 8.80. The Kier molecular flexibility index (Phi) is 3.42. The average Bonchev–Trinajstić information content (AvgIpc) is 2.79. The van der Waals surface area contributed by atoms with Gasteiger partial charge in [0.1, 0.15) is 0 Å². The van der Waals surface area contributed by atoms with Crippen LogP contribution in [0, 0.1) is 23.2 Å². The molecule has 2 nitrogen and oxygen atoms in total. The molecule has 2 heteroatoms. The van der Waals surface area contributed by atoms with Crippen molar-refractivity contribution in [2.24, 2.45) is 23.2 Å². The van der Waals surface area contributed by atoms with Crippen LogP contribution in [0.2, 0.25) is 0 Å². The summed E-state index contributed by atoms with van der Waals surface area (Å²) >= 11 is 0. The molecule has 1 N–H and O–H groups in total. The minimum atomic E-state index is 0.614. The van der Waals surface area contributed by atoms with E-state index in [2.05, 4.69) is 29.4 Å². The zero-order chi connectivity index (χ0) is 13.6. The van der Waals surface area contributed by atoms with Crippen LogP contribution in [0.5, 0.6) is 0 Å². The van der Waals surface area contributed by atoms with Crippen molar-refractivity contribution in [1.29, 1.82) is 0 Å². The van der Waals surface area contributed by atoms with Gasteiger partial charge in [-0.05, 0) is 81.7 Å². The molecule has 1 atom stereocenters. The van der Waals surface area contributed by atoms with Crippen LogP contribution in [0.4, 0.5) is 0 Å². The molecular formula is C18H30N2. The van der Waals surface area contributed by atoms with Gasteiger partial charge in [-0.15, -0.1) is 0 Å². The first-order chi connectivity index (χ1) is 9.71. The third-order valence-electron chi connectivity index (χ3n) is 6.47. The third kappa shape index (κ3) is 2.57. The van der Waals surface area contributed by atoms with E-state index in [1.54, 1.807) is 19.3 Å². The molecular weight excluding hydrogens is 244 g/mol. The van der Waals surface area contributed by atoms with Gasteiger partial charge in [-0.1, -0.05) is 12.2 Å². The molecule has 20 heavy (non-hydrogen) atoms. The van der Waals surface area contributed by atoms with Crippen molar-refractivity contribution in [3.8, 4) is 0 Å². The van der Waals surface area contributed by atoms with E-state index in [1.165, 1.54) is 38.8 Å². The first-order valence-electron chi connectivity index (χ1n) is 8.80. The standard InChI is InChI=1S/C18H30N2/c1-20-6-3-17(13-20)19-5-2-4-18-10-14-7-15(11-18)9-16(8-14)12-18/h2,4,14-17,19H,3,5-13H2,1H3/b4-2+. The van der Waals surface area contributed by atoms with E-state index in [4.69, 9.17) is 0 Å². The molecule has 0 amide bonds. The second-order valence-electron chi connectivity index (χ2n) is 8.34. The van der Waals surface area contributed by atoms with Crippen LogP contribution in [0.1, 0.15) is 44.9 Å². The predicted octanol–water partition coefficient (Wildman–Crippen LogP) is 3.05. The summed E-state index contributed by atoms with van der Waals surface area (Å²) in [5.41, 5.74) is 0.614. The summed E-state index contributed by atoms with van der Waals surface area (Å²) in [5, 5.41) is 3.72. The van der Waals surface area contributed by atoms with Gasteiger partial charge in [0.2, 0.25) is 0 Å². The second-order valence-corrected chi connectivity index (χ2v) is 8.34. The fourth-order valence-corrected chi connectivity index (χ4v) is 6.03. The van der Waals surface area contributed by atoms with Gasteiger partial charge < -0.3 is 10.2 Å². The van der Waals surface area contributed by atoms with Crippen LogP contribution in [-0.4, -0.2) is 37.6 Å². The van der Waals surface area contributed by atoms with Gasteiger partial charge in [0, 0.05) is 19.1 Å². The molecule has 0 aromatic rings. The summed E-state index contributed by atoms with van der Waals surface area (Å²) in [6, 6.07) is 0.723. The normalized spacial score (nSPS) is 47.6. The minimum absolute atomic E-state index is 0.614. The molecule has 4 saturated carbocycles. The summed E-state index contributed by atoms with van der Waals surface area (Å²) in [4.78, 5) is 2.43. The van der Waals surface area contributed by atoms with Crippen LogP contribution in [0.15, 0.2) is 12.2 Å². The Balaban J connectivity index is 1.31. The van der Waals surface area contributed by atoms with Crippen LogP contribution >= 0.6 is 0 Å². The number of nitrogens with one attached hydrogen (secondary N) is 1. The van der Waals surface area contributed by atoms with Gasteiger partial charge >= 0.3 is 0 Å². The molecule has 0 aromatic carbocycles. The van der Waals surface area contributed by atoms with Gasteiger partial charge in [-0.25, -0.2) is 0 Å². The maximum atomic E-state index is 3.72. The van der Waals surface area contributed by atoms with Crippen molar-refractivity contribution in [3.05, 3.63) is 12.2 Å². The van der Waals surface area contributed by atoms with Crippen molar-refractivity contribution in [2.45, 2.75) is 51.0 Å². The highest BCUT2D eigenvalue weighted by atomic mass is 15.2. The zero-order valence-electron chi connectivity index (χ0n) is 13.0. The molecule has 1 saturated heterocycles. The highest BCUT2D eigenvalue weighted by Crippen LogP contribution is 2.60. The fraction of sp³-hybridized carbons (Fsp3) is 0.889. The van der Waals surface area contributed by atoms with Crippen LogP contribution in [0.3, 0.4) is 0 Å². The summed E-state index contributed by atoms with van der Waals surface area (Å²) < 4.78 is 0. The Morgan fingerprint density at radius 1 is 1.10 bits per heavy atom. The van der Waals surface area contributed by atoms with Crippen molar-refractivity contribution < 1.29 is 0 Å². The summed E-state index contributed by atoms with van der Waals surface area (Å²) in [5.74, 6) is 3.21. The Morgan fingerprint density at radius 2 is 1.75 bits per heavy atom. The molecule has 1 heterocycles. The quantitative estimate of drug-likeness (QED) is 0.793. The molecule has 0 radical (unpaired) electrons. The molecule has 4 aliphatic carbocycles. The first kappa shape index (κ1) is 13.3. The largest absolute Gasteiger partial charge is 0.309 e. The van der Waals surface area contributed by atoms with Crippen LogP contribution in [-0.2, 0) is 0 Å². The lowest BCUT2D eigenvalue weighted by atomic mass is 9.49. The Labute approximate surface area is 124 Å². The molecule has 1 unspecified atom stereocenters. The molecule has 4 bridgehead atoms. The van der Waals surface area contributed by atoms with Crippen molar-refractivity contribution in [3.63, 3.8) is 0 Å². The molecule has 5 aliphatic rings. The fourth-order valence-electron chi connectivity index (χ4n) is 6.03. The average molecular weight is 274 g/mol. The van der Waals surface area contributed by atoms with E-state index < -0.39 is 0 Å². The lowest BCUT2D eigenvalue weighted by molar-refractivity contribution is -0.0238. The van der Waals surface area contributed by atoms with E-state index in [0.717, 1.165) is 30.3 Å². The Bertz CT molecular complexity index is 352. The maximum absolute atomic E-state index is 3.72. The van der Waals surface area contributed by atoms with Crippen molar-refractivity contribution in [2.75, 3.05) is 26.7 Å². The molecule has 1 aliphatic heterocycles. The maximum Gasteiger partial charge on any atom is 0.0210 e. The van der Waals surface area contributed by atoms with Crippen molar-refractivity contribution >= 4 is 0 Å².